The lowest BCUT2D eigenvalue weighted by molar-refractivity contribution is -0.121. The summed E-state index contributed by atoms with van der Waals surface area (Å²) in [6, 6.07) is 7.49. The zero-order valence-corrected chi connectivity index (χ0v) is 12.7. The Morgan fingerprint density at radius 3 is 2.91 bits per heavy atom. The van der Waals surface area contributed by atoms with Gasteiger partial charge >= 0.3 is 0 Å². The van der Waals surface area contributed by atoms with Crippen LogP contribution in [0.2, 0.25) is 0 Å². The van der Waals surface area contributed by atoms with E-state index in [0.29, 0.717) is 17.8 Å². The molecule has 0 aliphatic carbocycles. The smallest absolute Gasteiger partial charge is 0.271 e. The molecule has 1 aromatic heterocycles. The van der Waals surface area contributed by atoms with E-state index in [4.69, 9.17) is 0 Å². The summed E-state index contributed by atoms with van der Waals surface area (Å²) in [6.45, 7) is 1.95. The van der Waals surface area contributed by atoms with Crippen molar-refractivity contribution in [3.05, 3.63) is 34.7 Å². The van der Waals surface area contributed by atoms with Crippen molar-refractivity contribution < 1.29 is 9.59 Å². The number of rotatable bonds is 3. The number of hydrazone groups is 1. The predicted octanol–water partition coefficient (Wildman–Crippen LogP) is 2.32. The van der Waals surface area contributed by atoms with Gasteiger partial charge in [0.15, 0.2) is 0 Å². The summed E-state index contributed by atoms with van der Waals surface area (Å²) in [5.41, 5.74) is 5.16. The van der Waals surface area contributed by atoms with Crippen molar-refractivity contribution in [2.24, 2.45) is 5.10 Å². The van der Waals surface area contributed by atoms with Crippen LogP contribution in [0.3, 0.4) is 0 Å². The normalized spacial score (nSPS) is 14.2. The van der Waals surface area contributed by atoms with Crippen LogP contribution < -0.4 is 10.7 Å². The molecule has 0 radical (unpaired) electrons. The molecule has 2 aromatic rings. The third-order valence-electron chi connectivity index (χ3n) is 3.20. The number of nitrogens with zero attached hydrogens (tertiary/aromatic N) is 2. The first-order valence-corrected chi connectivity index (χ1v) is 7.69. The van der Waals surface area contributed by atoms with Crippen LogP contribution in [-0.2, 0) is 9.59 Å². The number of benzene rings is 1. The van der Waals surface area contributed by atoms with E-state index < -0.39 is 0 Å². The second kappa shape index (κ2) is 6.07. The Hall–Kier alpha value is -2.54. The average molecular weight is 314 g/mol. The highest BCUT2D eigenvalue weighted by atomic mass is 32.1. The number of aryl methyl sites for hydroxylation is 1. The molecule has 0 unspecified atom stereocenters. The van der Waals surface area contributed by atoms with E-state index >= 15 is 0 Å². The Morgan fingerprint density at radius 2 is 2.23 bits per heavy atom. The number of anilines is 1. The molecule has 1 aromatic carbocycles. The number of nitrogens with one attached hydrogen (secondary N) is 2. The molecule has 0 saturated carbocycles. The fraction of sp³-hybridized carbons (Fsp3) is 0.200. The zero-order valence-electron chi connectivity index (χ0n) is 11.9. The van der Waals surface area contributed by atoms with E-state index in [1.54, 1.807) is 11.3 Å². The molecule has 0 saturated heterocycles. The minimum atomic E-state index is -0.299. The van der Waals surface area contributed by atoms with Gasteiger partial charge in [-0.15, -0.1) is 11.3 Å². The number of thiazole rings is 1. The first-order chi connectivity index (χ1) is 10.6. The van der Waals surface area contributed by atoms with Crippen molar-refractivity contribution in [1.29, 1.82) is 0 Å². The minimum Gasteiger partial charge on any atom is -0.321 e. The third kappa shape index (κ3) is 3.20. The van der Waals surface area contributed by atoms with Gasteiger partial charge in [0, 0.05) is 29.5 Å². The standard InChI is InChI=1S/C15H14N4O2S/c1-9-16-13(8-22-9)10-3-2-4-11(7-10)17-15(21)12-5-6-14(20)19-18-12/h2-4,7-8H,5-6H2,1H3,(H,17,21)(H,19,20). The molecule has 6 nitrogen and oxygen atoms in total. The highest BCUT2D eigenvalue weighted by molar-refractivity contribution is 7.09. The maximum Gasteiger partial charge on any atom is 0.271 e. The van der Waals surface area contributed by atoms with Crippen LogP contribution in [0.25, 0.3) is 11.3 Å². The summed E-state index contributed by atoms with van der Waals surface area (Å²) >= 11 is 1.58. The largest absolute Gasteiger partial charge is 0.321 e. The summed E-state index contributed by atoms with van der Waals surface area (Å²) in [5.74, 6) is -0.468. The molecule has 2 heterocycles. The quantitative estimate of drug-likeness (QED) is 0.912. The van der Waals surface area contributed by atoms with Crippen molar-refractivity contribution in [1.82, 2.24) is 10.4 Å². The summed E-state index contributed by atoms with van der Waals surface area (Å²) in [6.07, 6.45) is 0.632. The first kappa shape index (κ1) is 14.4. The van der Waals surface area contributed by atoms with Crippen molar-refractivity contribution in [3.63, 3.8) is 0 Å². The van der Waals surface area contributed by atoms with E-state index in [0.717, 1.165) is 16.3 Å². The van der Waals surface area contributed by atoms with Crippen LogP contribution >= 0.6 is 11.3 Å². The van der Waals surface area contributed by atoms with Crippen LogP contribution in [0.4, 0.5) is 5.69 Å². The van der Waals surface area contributed by atoms with E-state index in [1.807, 2.05) is 36.6 Å². The third-order valence-corrected chi connectivity index (χ3v) is 3.98. The molecular weight excluding hydrogens is 300 g/mol. The van der Waals surface area contributed by atoms with Crippen LogP contribution in [-0.4, -0.2) is 22.5 Å². The highest BCUT2D eigenvalue weighted by Gasteiger charge is 2.18. The molecule has 2 N–H and O–H groups in total. The zero-order chi connectivity index (χ0) is 15.5. The molecule has 0 fully saturated rings. The summed E-state index contributed by atoms with van der Waals surface area (Å²) in [7, 11) is 0. The Labute approximate surface area is 131 Å². The van der Waals surface area contributed by atoms with E-state index in [2.05, 4.69) is 20.8 Å². The molecule has 0 bridgehead atoms. The van der Waals surface area contributed by atoms with Crippen molar-refractivity contribution in [2.75, 3.05) is 5.32 Å². The van der Waals surface area contributed by atoms with E-state index in [1.165, 1.54) is 0 Å². The van der Waals surface area contributed by atoms with E-state index in [9.17, 15) is 9.59 Å². The Bertz CT molecular complexity index is 766. The van der Waals surface area contributed by atoms with Gasteiger partial charge in [-0.05, 0) is 19.1 Å². The molecular formula is C15H14N4O2S. The molecule has 22 heavy (non-hydrogen) atoms. The minimum absolute atomic E-state index is 0.169. The highest BCUT2D eigenvalue weighted by Crippen LogP contribution is 2.24. The number of hydrogen-bond donors (Lipinski definition) is 2. The molecule has 3 rings (SSSR count). The molecule has 1 aliphatic rings. The van der Waals surface area contributed by atoms with Gasteiger partial charge in [0.05, 0.1) is 10.7 Å². The molecule has 0 atom stereocenters. The van der Waals surface area contributed by atoms with Gasteiger partial charge in [0.25, 0.3) is 5.91 Å². The van der Waals surface area contributed by atoms with Crippen molar-refractivity contribution >= 4 is 34.6 Å². The van der Waals surface area contributed by atoms with Gasteiger partial charge in [0.1, 0.15) is 5.71 Å². The Kier molecular flexibility index (Phi) is 3.97. The van der Waals surface area contributed by atoms with E-state index in [-0.39, 0.29) is 18.2 Å². The summed E-state index contributed by atoms with van der Waals surface area (Å²) in [4.78, 5) is 27.6. The van der Waals surface area contributed by atoms with Crippen LogP contribution in [0, 0.1) is 6.92 Å². The maximum absolute atomic E-state index is 12.1. The van der Waals surface area contributed by atoms with Gasteiger partial charge in [-0.3, -0.25) is 9.59 Å². The SMILES string of the molecule is Cc1nc(-c2cccc(NC(=O)C3=NNC(=O)CC3)c2)cs1. The first-order valence-electron chi connectivity index (χ1n) is 6.81. The molecule has 0 spiro atoms. The van der Waals surface area contributed by atoms with Gasteiger partial charge in [0.2, 0.25) is 5.91 Å². The Balaban J connectivity index is 1.76. The maximum atomic E-state index is 12.1. The summed E-state index contributed by atoms with van der Waals surface area (Å²) in [5, 5.41) is 9.56. The lowest BCUT2D eigenvalue weighted by Crippen LogP contribution is -2.32. The van der Waals surface area contributed by atoms with Gasteiger partial charge in [-0.1, -0.05) is 12.1 Å². The molecule has 2 amide bonds. The van der Waals surface area contributed by atoms with Gasteiger partial charge in [-0.25, -0.2) is 10.4 Å². The lowest BCUT2D eigenvalue weighted by Gasteiger charge is -2.12. The van der Waals surface area contributed by atoms with Crippen LogP contribution in [0.5, 0.6) is 0 Å². The summed E-state index contributed by atoms with van der Waals surface area (Å²) < 4.78 is 0. The number of hydrogen-bond acceptors (Lipinski definition) is 5. The van der Waals surface area contributed by atoms with Gasteiger partial charge < -0.3 is 5.32 Å². The number of aromatic nitrogens is 1. The fourth-order valence-corrected chi connectivity index (χ4v) is 2.72. The van der Waals surface area contributed by atoms with Gasteiger partial charge in [-0.2, -0.15) is 5.10 Å². The second-order valence-corrected chi connectivity index (χ2v) is 5.94. The lowest BCUT2D eigenvalue weighted by atomic mass is 10.1. The molecule has 7 heteroatoms. The van der Waals surface area contributed by atoms with Crippen LogP contribution in [0.15, 0.2) is 34.7 Å². The fourth-order valence-electron chi connectivity index (χ4n) is 2.09. The second-order valence-electron chi connectivity index (χ2n) is 4.88. The Morgan fingerprint density at radius 1 is 1.36 bits per heavy atom. The molecule has 112 valence electrons. The van der Waals surface area contributed by atoms with Crippen LogP contribution in [0.1, 0.15) is 17.8 Å². The topological polar surface area (TPSA) is 83.4 Å². The number of carbonyl (C=O) groups is 2. The monoisotopic (exact) mass is 314 g/mol. The number of amides is 2. The number of carbonyl (C=O) groups excluding carboxylic acids is 2. The average Bonchev–Trinajstić information content (AvgIpc) is 2.95. The predicted molar refractivity (Wildman–Crippen MR) is 85.7 cm³/mol. The van der Waals surface area contributed by atoms with Crippen molar-refractivity contribution in [3.8, 4) is 11.3 Å². The molecule has 1 aliphatic heterocycles. The van der Waals surface area contributed by atoms with Crippen molar-refractivity contribution in [2.45, 2.75) is 19.8 Å².